The Morgan fingerprint density at radius 3 is 2.31 bits per heavy atom. The molecule has 1 saturated carbocycles. The fraction of sp³-hybridized carbons (Fsp3) is 0.636. The number of rotatable bonds is 7. The highest BCUT2D eigenvalue weighted by Gasteiger charge is 2.35. The molecule has 1 amide bonds. The molecule has 2 rings (SSSR count). The maximum Gasteiger partial charge on any atom is 0.239 e. The number of aliphatic imine (C=N–C) groups is 1. The molecule has 0 bridgehead atoms. The van der Waals surface area contributed by atoms with Crippen LogP contribution in [0.25, 0.3) is 0 Å². The van der Waals surface area contributed by atoms with Crippen LogP contribution in [0.5, 0.6) is 0 Å². The first kappa shape index (κ1) is 25.7. The number of hydrogen-bond donors (Lipinski definition) is 4. The molecule has 29 heavy (non-hydrogen) atoms. The molecular weight excluding hydrogens is 477 g/mol. The Kier molecular flexibility index (Phi) is 10.4. The molecule has 1 unspecified atom stereocenters. The minimum Gasteiger partial charge on any atom is -0.355 e. The largest absolute Gasteiger partial charge is 0.355 e. The zero-order valence-corrected chi connectivity index (χ0v) is 20.8. The SMILES string of the molecule is CN=C(NCC(=O)NC(C)(C)C)NCC1(NC(C)c2ccccc2)CCCC1.I. The van der Waals surface area contributed by atoms with E-state index in [4.69, 9.17) is 0 Å². The van der Waals surface area contributed by atoms with Gasteiger partial charge < -0.3 is 21.3 Å². The molecule has 1 aromatic carbocycles. The summed E-state index contributed by atoms with van der Waals surface area (Å²) in [5.74, 6) is 0.617. The van der Waals surface area contributed by atoms with Crippen molar-refractivity contribution in [3.8, 4) is 0 Å². The van der Waals surface area contributed by atoms with Crippen LogP contribution < -0.4 is 21.3 Å². The van der Waals surface area contributed by atoms with Crippen molar-refractivity contribution >= 4 is 35.8 Å². The Bertz CT molecular complexity index is 651. The molecule has 1 aliphatic carbocycles. The smallest absolute Gasteiger partial charge is 0.239 e. The van der Waals surface area contributed by atoms with Gasteiger partial charge in [-0.15, -0.1) is 24.0 Å². The number of carbonyl (C=O) groups is 1. The van der Waals surface area contributed by atoms with E-state index in [0.29, 0.717) is 5.96 Å². The van der Waals surface area contributed by atoms with Gasteiger partial charge in [-0.3, -0.25) is 9.79 Å². The van der Waals surface area contributed by atoms with Gasteiger partial charge in [-0.25, -0.2) is 0 Å². The lowest BCUT2D eigenvalue weighted by atomic mass is 9.94. The molecule has 1 fully saturated rings. The molecule has 0 radical (unpaired) electrons. The van der Waals surface area contributed by atoms with E-state index in [2.05, 4.69) is 63.5 Å². The molecule has 1 aliphatic rings. The number of nitrogens with zero attached hydrogens (tertiary/aromatic N) is 1. The summed E-state index contributed by atoms with van der Waals surface area (Å²) < 4.78 is 0. The van der Waals surface area contributed by atoms with E-state index in [-0.39, 0.29) is 53.5 Å². The number of hydrogen-bond acceptors (Lipinski definition) is 3. The maximum atomic E-state index is 12.0. The van der Waals surface area contributed by atoms with Gasteiger partial charge >= 0.3 is 0 Å². The normalized spacial score (nSPS) is 17.2. The lowest BCUT2D eigenvalue weighted by Crippen LogP contribution is -2.55. The summed E-state index contributed by atoms with van der Waals surface area (Å²) in [6, 6.07) is 10.8. The Hall–Kier alpha value is -1.35. The van der Waals surface area contributed by atoms with Crippen LogP contribution in [-0.2, 0) is 4.79 Å². The number of carbonyl (C=O) groups excluding carboxylic acids is 1. The van der Waals surface area contributed by atoms with Crippen LogP contribution >= 0.6 is 24.0 Å². The molecule has 0 heterocycles. The maximum absolute atomic E-state index is 12.0. The first-order valence-electron chi connectivity index (χ1n) is 10.3. The second-order valence-electron chi connectivity index (χ2n) is 8.84. The van der Waals surface area contributed by atoms with Crippen molar-refractivity contribution < 1.29 is 4.79 Å². The lowest BCUT2D eigenvalue weighted by Gasteiger charge is -2.35. The van der Waals surface area contributed by atoms with Gasteiger partial charge in [0.05, 0.1) is 6.54 Å². The van der Waals surface area contributed by atoms with Crippen LogP contribution in [0, 0.1) is 0 Å². The van der Waals surface area contributed by atoms with E-state index in [1.165, 1.54) is 18.4 Å². The summed E-state index contributed by atoms with van der Waals surface area (Å²) >= 11 is 0. The van der Waals surface area contributed by atoms with Crippen LogP contribution in [0.4, 0.5) is 0 Å². The number of halogens is 1. The summed E-state index contributed by atoms with van der Waals surface area (Å²) in [5, 5.41) is 13.4. The van der Waals surface area contributed by atoms with Crippen LogP contribution in [-0.4, -0.2) is 43.1 Å². The number of amides is 1. The van der Waals surface area contributed by atoms with Crippen LogP contribution in [0.1, 0.15) is 65.0 Å². The summed E-state index contributed by atoms with van der Waals surface area (Å²) in [4.78, 5) is 16.3. The molecule has 1 atom stereocenters. The molecule has 6 nitrogen and oxygen atoms in total. The topological polar surface area (TPSA) is 77.5 Å². The van der Waals surface area contributed by atoms with Gasteiger partial charge in [-0.2, -0.15) is 0 Å². The van der Waals surface area contributed by atoms with Gasteiger partial charge in [0.15, 0.2) is 5.96 Å². The van der Waals surface area contributed by atoms with Crippen LogP contribution in [0.15, 0.2) is 35.3 Å². The highest BCUT2D eigenvalue weighted by Crippen LogP contribution is 2.31. The minimum absolute atomic E-state index is 0. The first-order chi connectivity index (χ1) is 13.2. The summed E-state index contributed by atoms with van der Waals surface area (Å²) in [6.45, 7) is 9.13. The fourth-order valence-corrected chi connectivity index (χ4v) is 3.81. The van der Waals surface area contributed by atoms with Crippen molar-refractivity contribution in [3.05, 3.63) is 35.9 Å². The minimum atomic E-state index is -0.235. The standard InChI is InChI=1S/C22H37N5O.HI/c1-17(18-11-7-6-8-12-18)26-22(13-9-10-14-22)16-25-20(23-5)24-15-19(28)27-21(2,3)4;/h6-8,11-12,17,26H,9-10,13-16H2,1-5H3,(H,27,28)(H2,23,24,25);1H. The molecule has 4 N–H and O–H groups in total. The zero-order chi connectivity index (χ0) is 20.6. The van der Waals surface area contributed by atoms with Crippen molar-refractivity contribution in [3.63, 3.8) is 0 Å². The molecule has 1 aromatic rings. The molecule has 7 heteroatoms. The average Bonchev–Trinajstić information content (AvgIpc) is 3.09. The van der Waals surface area contributed by atoms with Gasteiger partial charge in [0, 0.05) is 30.7 Å². The summed E-state index contributed by atoms with van der Waals surface area (Å²) in [5.41, 5.74) is 1.11. The number of guanidine groups is 1. The van der Waals surface area contributed by atoms with Gasteiger partial charge in [-0.05, 0) is 46.1 Å². The average molecular weight is 515 g/mol. The third-order valence-electron chi connectivity index (χ3n) is 5.13. The van der Waals surface area contributed by atoms with Crippen LogP contribution in [0.3, 0.4) is 0 Å². The summed E-state index contributed by atoms with van der Waals surface area (Å²) in [6.07, 6.45) is 4.74. The quantitative estimate of drug-likeness (QED) is 0.255. The molecule has 164 valence electrons. The van der Waals surface area contributed by atoms with Gasteiger partial charge in [0.1, 0.15) is 0 Å². The third-order valence-corrected chi connectivity index (χ3v) is 5.13. The summed E-state index contributed by atoms with van der Waals surface area (Å²) in [7, 11) is 1.73. The Morgan fingerprint density at radius 2 is 1.76 bits per heavy atom. The van der Waals surface area contributed by atoms with Crippen molar-refractivity contribution in [1.29, 1.82) is 0 Å². The second kappa shape index (κ2) is 11.7. The van der Waals surface area contributed by atoms with E-state index < -0.39 is 0 Å². The van der Waals surface area contributed by atoms with Crippen molar-refractivity contribution in [1.82, 2.24) is 21.3 Å². The Morgan fingerprint density at radius 1 is 1.14 bits per heavy atom. The first-order valence-corrected chi connectivity index (χ1v) is 10.3. The van der Waals surface area contributed by atoms with E-state index in [9.17, 15) is 4.79 Å². The van der Waals surface area contributed by atoms with Crippen molar-refractivity contribution in [2.24, 2.45) is 4.99 Å². The highest BCUT2D eigenvalue weighted by atomic mass is 127. The predicted molar refractivity (Wildman–Crippen MR) is 132 cm³/mol. The van der Waals surface area contributed by atoms with Gasteiger partial charge in [-0.1, -0.05) is 43.2 Å². The zero-order valence-electron chi connectivity index (χ0n) is 18.5. The monoisotopic (exact) mass is 515 g/mol. The Balaban J connectivity index is 0.00000420. The predicted octanol–water partition coefficient (Wildman–Crippen LogP) is 3.35. The van der Waals surface area contributed by atoms with E-state index in [0.717, 1.165) is 19.4 Å². The number of benzene rings is 1. The lowest BCUT2D eigenvalue weighted by molar-refractivity contribution is -0.121. The fourth-order valence-electron chi connectivity index (χ4n) is 3.81. The van der Waals surface area contributed by atoms with Gasteiger partial charge in [0.25, 0.3) is 0 Å². The molecular formula is C22H38IN5O. The van der Waals surface area contributed by atoms with E-state index in [1.54, 1.807) is 7.05 Å². The van der Waals surface area contributed by atoms with Crippen LogP contribution in [0.2, 0.25) is 0 Å². The van der Waals surface area contributed by atoms with E-state index in [1.807, 2.05) is 20.8 Å². The van der Waals surface area contributed by atoms with Crippen molar-refractivity contribution in [2.45, 2.75) is 70.5 Å². The van der Waals surface area contributed by atoms with E-state index >= 15 is 0 Å². The molecule has 0 spiro atoms. The molecule has 0 aliphatic heterocycles. The number of nitrogens with one attached hydrogen (secondary N) is 4. The molecule has 0 aromatic heterocycles. The van der Waals surface area contributed by atoms with Gasteiger partial charge in [0.2, 0.25) is 5.91 Å². The second-order valence-corrected chi connectivity index (χ2v) is 8.84. The Labute approximate surface area is 193 Å². The highest BCUT2D eigenvalue weighted by molar-refractivity contribution is 14.0. The molecule has 0 saturated heterocycles. The van der Waals surface area contributed by atoms with Crippen molar-refractivity contribution in [2.75, 3.05) is 20.1 Å². The third kappa shape index (κ3) is 8.90.